The van der Waals surface area contributed by atoms with Crippen LogP contribution in [0.15, 0.2) is 28.8 Å². The zero-order chi connectivity index (χ0) is 13.1. The summed E-state index contributed by atoms with van der Waals surface area (Å²) in [4.78, 5) is 4.47. The first-order valence-electron chi connectivity index (χ1n) is 6.57. The fourth-order valence-corrected chi connectivity index (χ4v) is 2.24. The van der Waals surface area contributed by atoms with Gasteiger partial charge in [-0.15, -0.1) is 0 Å². The second-order valence-electron chi connectivity index (χ2n) is 4.77. The highest BCUT2D eigenvalue weighted by atomic mass is 16.5. The topological polar surface area (TPSA) is 74.2 Å². The summed E-state index contributed by atoms with van der Waals surface area (Å²) in [5, 5.41) is 4.04. The Bertz CT molecular complexity index is 530. The van der Waals surface area contributed by atoms with Crippen LogP contribution in [0.5, 0.6) is 0 Å². The molecule has 19 heavy (non-hydrogen) atoms. The van der Waals surface area contributed by atoms with Crippen molar-refractivity contribution in [1.82, 2.24) is 10.1 Å². The minimum absolute atomic E-state index is 0.235. The van der Waals surface area contributed by atoms with E-state index < -0.39 is 0 Å². The van der Waals surface area contributed by atoms with Crippen molar-refractivity contribution in [2.24, 2.45) is 5.73 Å². The molecule has 0 spiro atoms. The Morgan fingerprint density at radius 3 is 2.79 bits per heavy atom. The first kappa shape index (κ1) is 12.3. The van der Waals surface area contributed by atoms with Crippen LogP contribution in [0, 0.1) is 0 Å². The fourth-order valence-electron chi connectivity index (χ4n) is 2.24. The van der Waals surface area contributed by atoms with E-state index in [4.69, 9.17) is 15.0 Å². The van der Waals surface area contributed by atoms with E-state index in [0.29, 0.717) is 24.9 Å². The fraction of sp³-hybridized carbons (Fsp3) is 0.429. The van der Waals surface area contributed by atoms with Gasteiger partial charge in [-0.05, 0) is 18.4 Å². The smallest absolute Gasteiger partial charge is 0.232 e. The maximum Gasteiger partial charge on any atom is 0.232 e. The minimum atomic E-state index is 0.235. The van der Waals surface area contributed by atoms with Crippen molar-refractivity contribution in [1.29, 1.82) is 0 Å². The SMILES string of the molecule is NCc1ccc(-c2noc(C3CCCOC3)n2)cc1. The molecule has 0 radical (unpaired) electrons. The largest absolute Gasteiger partial charge is 0.381 e. The highest BCUT2D eigenvalue weighted by Crippen LogP contribution is 2.26. The normalized spacial score (nSPS) is 19.5. The summed E-state index contributed by atoms with van der Waals surface area (Å²) in [6.07, 6.45) is 2.10. The number of hydrogen-bond donors (Lipinski definition) is 1. The number of nitrogens with two attached hydrogens (primary N) is 1. The summed E-state index contributed by atoms with van der Waals surface area (Å²) in [5.41, 5.74) is 7.62. The van der Waals surface area contributed by atoms with Crippen LogP contribution < -0.4 is 5.73 Å². The lowest BCUT2D eigenvalue weighted by molar-refractivity contribution is 0.0705. The second kappa shape index (κ2) is 5.50. The van der Waals surface area contributed by atoms with Crippen LogP contribution >= 0.6 is 0 Å². The molecule has 1 fully saturated rings. The molecule has 1 saturated heterocycles. The Balaban J connectivity index is 1.79. The molecular formula is C14H17N3O2. The lowest BCUT2D eigenvalue weighted by Gasteiger charge is -2.17. The van der Waals surface area contributed by atoms with Gasteiger partial charge in [0.25, 0.3) is 0 Å². The molecule has 0 amide bonds. The van der Waals surface area contributed by atoms with Gasteiger partial charge in [-0.25, -0.2) is 0 Å². The molecule has 0 bridgehead atoms. The molecule has 2 aromatic rings. The molecule has 2 heterocycles. The zero-order valence-corrected chi connectivity index (χ0v) is 10.7. The number of rotatable bonds is 3. The highest BCUT2D eigenvalue weighted by molar-refractivity contribution is 5.54. The van der Waals surface area contributed by atoms with Crippen molar-refractivity contribution in [3.63, 3.8) is 0 Å². The first-order valence-corrected chi connectivity index (χ1v) is 6.57. The molecule has 2 N–H and O–H groups in total. The van der Waals surface area contributed by atoms with Gasteiger partial charge in [-0.3, -0.25) is 0 Å². The van der Waals surface area contributed by atoms with Gasteiger partial charge in [0.05, 0.1) is 12.5 Å². The van der Waals surface area contributed by atoms with Gasteiger partial charge in [0.1, 0.15) is 0 Å². The van der Waals surface area contributed by atoms with E-state index in [1.165, 1.54) is 0 Å². The minimum Gasteiger partial charge on any atom is -0.381 e. The van der Waals surface area contributed by atoms with Gasteiger partial charge >= 0.3 is 0 Å². The van der Waals surface area contributed by atoms with E-state index >= 15 is 0 Å². The average Bonchev–Trinajstić information content (AvgIpc) is 2.98. The van der Waals surface area contributed by atoms with E-state index in [-0.39, 0.29) is 5.92 Å². The van der Waals surface area contributed by atoms with Crippen molar-refractivity contribution in [3.8, 4) is 11.4 Å². The van der Waals surface area contributed by atoms with E-state index in [9.17, 15) is 0 Å². The zero-order valence-electron chi connectivity index (χ0n) is 10.7. The first-order chi connectivity index (χ1) is 9.36. The van der Waals surface area contributed by atoms with E-state index in [1.54, 1.807) is 0 Å². The van der Waals surface area contributed by atoms with Crippen LogP contribution in [0.3, 0.4) is 0 Å². The summed E-state index contributed by atoms with van der Waals surface area (Å²) in [5.74, 6) is 1.54. The molecule has 1 aromatic heterocycles. The molecule has 0 saturated carbocycles. The van der Waals surface area contributed by atoms with Gasteiger partial charge in [0.2, 0.25) is 11.7 Å². The van der Waals surface area contributed by atoms with Gasteiger partial charge in [0, 0.05) is 18.7 Å². The van der Waals surface area contributed by atoms with Crippen LogP contribution in [0.25, 0.3) is 11.4 Å². The van der Waals surface area contributed by atoms with Gasteiger partial charge in [0.15, 0.2) is 0 Å². The Morgan fingerprint density at radius 2 is 2.11 bits per heavy atom. The number of nitrogens with zero attached hydrogens (tertiary/aromatic N) is 2. The Hall–Kier alpha value is -1.72. The number of ether oxygens (including phenoxy) is 1. The molecule has 1 aliphatic heterocycles. The predicted molar refractivity (Wildman–Crippen MR) is 70.4 cm³/mol. The van der Waals surface area contributed by atoms with Gasteiger partial charge < -0.3 is 15.0 Å². The van der Waals surface area contributed by atoms with E-state index in [1.807, 2.05) is 24.3 Å². The third-order valence-corrected chi connectivity index (χ3v) is 3.40. The van der Waals surface area contributed by atoms with E-state index in [0.717, 1.165) is 30.6 Å². The molecule has 1 unspecified atom stereocenters. The maximum atomic E-state index is 5.58. The highest BCUT2D eigenvalue weighted by Gasteiger charge is 2.22. The Labute approximate surface area is 111 Å². The third-order valence-electron chi connectivity index (χ3n) is 3.40. The summed E-state index contributed by atoms with van der Waals surface area (Å²) < 4.78 is 10.8. The molecule has 5 nitrogen and oxygen atoms in total. The van der Waals surface area contributed by atoms with Crippen LogP contribution in [0.1, 0.15) is 30.2 Å². The molecule has 1 aromatic carbocycles. The van der Waals surface area contributed by atoms with Crippen molar-refractivity contribution < 1.29 is 9.26 Å². The third kappa shape index (κ3) is 2.67. The monoisotopic (exact) mass is 259 g/mol. The van der Waals surface area contributed by atoms with Crippen molar-refractivity contribution in [2.75, 3.05) is 13.2 Å². The lowest BCUT2D eigenvalue weighted by Crippen LogP contribution is -2.15. The molecule has 0 aliphatic carbocycles. The number of benzene rings is 1. The Kier molecular flexibility index (Phi) is 3.57. The van der Waals surface area contributed by atoms with Gasteiger partial charge in [-0.1, -0.05) is 29.4 Å². The van der Waals surface area contributed by atoms with Crippen LogP contribution in [0.2, 0.25) is 0 Å². The summed E-state index contributed by atoms with van der Waals surface area (Å²) in [6, 6.07) is 7.90. The average molecular weight is 259 g/mol. The maximum absolute atomic E-state index is 5.58. The summed E-state index contributed by atoms with van der Waals surface area (Å²) in [6.45, 7) is 2.04. The molecule has 5 heteroatoms. The van der Waals surface area contributed by atoms with Crippen LogP contribution in [0.4, 0.5) is 0 Å². The predicted octanol–water partition coefficient (Wildman–Crippen LogP) is 2.09. The quantitative estimate of drug-likeness (QED) is 0.913. The molecular weight excluding hydrogens is 242 g/mol. The van der Waals surface area contributed by atoms with Gasteiger partial charge in [-0.2, -0.15) is 4.98 Å². The van der Waals surface area contributed by atoms with Crippen molar-refractivity contribution in [3.05, 3.63) is 35.7 Å². The summed E-state index contributed by atoms with van der Waals surface area (Å²) >= 11 is 0. The molecule has 100 valence electrons. The number of aromatic nitrogens is 2. The van der Waals surface area contributed by atoms with Crippen molar-refractivity contribution in [2.45, 2.75) is 25.3 Å². The van der Waals surface area contributed by atoms with Crippen LogP contribution in [-0.4, -0.2) is 23.4 Å². The van der Waals surface area contributed by atoms with Crippen LogP contribution in [-0.2, 0) is 11.3 Å². The molecule has 1 atom stereocenters. The second-order valence-corrected chi connectivity index (χ2v) is 4.77. The lowest BCUT2D eigenvalue weighted by atomic mass is 10.0. The Morgan fingerprint density at radius 1 is 1.26 bits per heavy atom. The number of hydrogen-bond acceptors (Lipinski definition) is 5. The summed E-state index contributed by atoms with van der Waals surface area (Å²) in [7, 11) is 0. The molecule has 1 aliphatic rings. The molecule has 3 rings (SSSR count). The van der Waals surface area contributed by atoms with E-state index in [2.05, 4.69) is 10.1 Å². The van der Waals surface area contributed by atoms with Crippen molar-refractivity contribution >= 4 is 0 Å². The standard InChI is InChI=1S/C14H17N3O2/c15-8-10-3-5-11(6-4-10)13-16-14(19-17-13)12-2-1-7-18-9-12/h3-6,12H,1-2,7-9,15H2.